The van der Waals surface area contributed by atoms with Crippen LogP contribution in [-0.2, 0) is 17.6 Å². The quantitative estimate of drug-likeness (QED) is 0.833. The molecule has 0 spiro atoms. The summed E-state index contributed by atoms with van der Waals surface area (Å²) in [6.45, 7) is 3.77. The lowest BCUT2D eigenvalue weighted by molar-refractivity contribution is -0.163. The van der Waals surface area contributed by atoms with Gasteiger partial charge < -0.3 is 15.1 Å². The lowest BCUT2D eigenvalue weighted by Gasteiger charge is -2.43. The van der Waals surface area contributed by atoms with Crippen molar-refractivity contribution < 1.29 is 15.0 Å². The van der Waals surface area contributed by atoms with Crippen LogP contribution in [0.4, 0.5) is 0 Å². The van der Waals surface area contributed by atoms with Gasteiger partial charge in [0.15, 0.2) is 0 Å². The molecule has 2 N–H and O–H groups in total. The molecule has 0 aliphatic carbocycles. The van der Waals surface area contributed by atoms with Crippen LogP contribution in [0.2, 0.25) is 0 Å². The molecule has 5 heteroatoms. The molecule has 2 aromatic rings. The van der Waals surface area contributed by atoms with E-state index in [0.29, 0.717) is 25.9 Å². The van der Waals surface area contributed by atoms with E-state index < -0.39 is 17.5 Å². The summed E-state index contributed by atoms with van der Waals surface area (Å²) in [5.41, 5.74) is 1.77. The highest BCUT2D eigenvalue weighted by atomic mass is 16.4. The molecule has 5 nitrogen and oxygen atoms in total. The molecule has 26 heavy (non-hydrogen) atoms. The van der Waals surface area contributed by atoms with Crippen molar-refractivity contribution in [1.29, 1.82) is 0 Å². The Morgan fingerprint density at radius 3 is 2.69 bits per heavy atom. The van der Waals surface area contributed by atoms with Crippen LogP contribution >= 0.6 is 0 Å². The van der Waals surface area contributed by atoms with Gasteiger partial charge in [-0.3, -0.25) is 9.78 Å². The normalized spacial score (nSPS) is 23.7. The Hall–Kier alpha value is -2.24. The summed E-state index contributed by atoms with van der Waals surface area (Å²) in [4.78, 5) is 18.8. The first-order chi connectivity index (χ1) is 12.5. The first-order valence-corrected chi connectivity index (χ1v) is 9.10. The number of carbonyl (C=O) groups is 1. The van der Waals surface area contributed by atoms with E-state index in [4.69, 9.17) is 0 Å². The Kier molecular flexibility index (Phi) is 5.69. The van der Waals surface area contributed by atoms with Gasteiger partial charge in [0.1, 0.15) is 5.41 Å². The summed E-state index contributed by atoms with van der Waals surface area (Å²) in [6, 6.07) is 15.5. The second-order valence-electron chi connectivity index (χ2n) is 7.22. The minimum atomic E-state index is -1.17. The fourth-order valence-corrected chi connectivity index (χ4v) is 3.79. The SMILES string of the molecule is Cc1cccc(CCN2CC[C@H](O)[C@@](Cc3ccccc3)(C(=O)O)C2)n1. The fourth-order valence-electron chi connectivity index (χ4n) is 3.79. The lowest BCUT2D eigenvalue weighted by Crippen LogP contribution is -2.57. The van der Waals surface area contributed by atoms with Crippen LogP contribution in [0.25, 0.3) is 0 Å². The molecule has 0 amide bonds. The number of hydrogen-bond acceptors (Lipinski definition) is 4. The third-order valence-electron chi connectivity index (χ3n) is 5.28. The van der Waals surface area contributed by atoms with E-state index in [1.807, 2.05) is 55.5 Å². The maximum atomic E-state index is 12.2. The molecule has 1 aliphatic heterocycles. The Balaban J connectivity index is 1.73. The number of aliphatic hydroxyl groups is 1. The van der Waals surface area contributed by atoms with Crippen molar-refractivity contribution in [3.63, 3.8) is 0 Å². The van der Waals surface area contributed by atoms with Crippen molar-refractivity contribution in [3.05, 3.63) is 65.5 Å². The summed E-state index contributed by atoms with van der Waals surface area (Å²) in [5.74, 6) is -0.924. The molecule has 1 aliphatic rings. The van der Waals surface area contributed by atoms with Crippen molar-refractivity contribution in [2.75, 3.05) is 19.6 Å². The highest BCUT2D eigenvalue weighted by Crippen LogP contribution is 2.34. The van der Waals surface area contributed by atoms with Crippen LogP contribution in [-0.4, -0.2) is 51.8 Å². The molecule has 0 saturated carbocycles. The van der Waals surface area contributed by atoms with Crippen LogP contribution in [0.1, 0.15) is 23.4 Å². The van der Waals surface area contributed by atoms with E-state index in [1.54, 1.807) is 0 Å². The third-order valence-corrected chi connectivity index (χ3v) is 5.28. The first-order valence-electron chi connectivity index (χ1n) is 9.10. The number of nitrogens with zero attached hydrogens (tertiary/aromatic N) is 2. The maximum Gasteiger partial charge on any atom is 0.313 e. The van der Waals surface area contributed by atoms with Crippen LogP contribution in [0, 0.1) is 12.3 Å². The second kappa shape index (κ2) is 7.98. The minimum absolute atomic E-state index is 0.337. The highest BCUT2D eigenvalue weighted by molar-refractivity contribution is 5.76. The van der Waals surface area contributed by atoms with Crippen molar-refractivity contribution in [2.45, 2.75) is 32.3 Å². The number of likely N-dealkylation sites (tertiary alicyclic amines) is 1. The summed E-state index contributed by atoms with van der Waals surface area (Å²) < 4.78 is 0. The zero-order chi connectivity index (χ0) is 18.6. The Morgan fingerprint density at radius 2 is 2.00 bits per heavy atom. The third kappa shape index (κ3) is 4.11. The van der Waals surface area contributed by atoms with Crippen molar-refractivity contribution in [1.82, 2.24) is 9.88 Å². The average Bonchev–Trinajstić information content (AvgIpc) is 2.63. The number of aliphatic hydroxyl groups excluding tert-OH is 1. The lowest BCUT2D eigenvalue weighted by atomic mass is 9.73. The number of rotatable bonds is 6. The highest BCUT2D eigenvalue weighted by Gasteiger charge is 2.49. The van der Waals surface area contributed by atoms with Crippen molar-refractivity contribution >= 4 is 5.97 Å². The number of aryl methyl sites for hydroxylation is 1. The van der Waals surface area contributed by atoms with E-state index in [0.717, 1.165) is 29.9 Å². The molecule has 0 unspecified atom stereocenters. The maximum absolute atomic E-state index is 12.2. The number of carboxylic acids is 1. The summed E-state index contributed by atoms with van der Waals surface area (Å²) in [5, 5.41) is 20.5. The molecule has 2 atom stereocenters. The molecule has 1 aromatic carbocycles. The van der Waals surface area contributed by atoms with E-state index >= 15 is 0 Å². The molecular formula is C21H26N2O3. The summed E-state index contributed by atoms with van der Waals surface area (Å²) >= 11 is 0. The van der Waals surface area contributed by atoms with E-state index in [-0.39, 0.29) is 0 Å². The largest absolute Gasteiger partial charge is 0.481 e. The Labute approximate surface area is 154 Å². The zero-order valence-corrected chi connectivity index (χ0v) is 15.1. The Morgan fingerprint density at radius 1 is 1.23 bits per heavy atom. The van der Waals surface area contributed by atoms with E-state index in [9.17, 15) is 15.0 Å². The van der Waals surface area contributed by atoms with Gasteiger partial charge in [-0.05, 0) is 37.5 Å². The number of aromatic nitrogens is 1. The van der Waals surface area contributed by atoms with Crippen LogP contribution < -0.4 is 0 Å². The summed E-state index contributed by atoms with van der Waals surface area (Å²) in [7, 11) is 0. The van der Waals surface area contributed by atoms with Gasteiger partial charge in [0.05, 0.1) is 6.10 Å². The van der Waals surface area contributed by atoms with E-state index in [2.05, 4.69) is 9.88 Å². The summed E-state index contributed by atoms with van der Waals surface area (Å²) in [6.07, 6.45) is 0.747. The molecular weight excluding hydrogens is 328 g/mol. The van der Waals surface area contributed by atoms with Gasteiger partial charge in [0, 0.05) is 37.4 Å². The van der Waals surface area contributed by atoms with Crippen LogP contribution in [0.5, 0.6) is 0 Å². The molecule has 138 valence electrons. The monoisotopic (exact) mass is 354 g/mol. The van der Waals surface area contributed by atoms with Gasteiger partial charge in [0.25, 0.3) is 0 Å². The molecule has 1 aromatic heterocycles. The van der Waals surface area contributed by atoms with Gasteiger partial charge in [0.2, 0.25) is 0 Å². The minimum Gasteiger partial charge on any atom is -0.481 e. The average molecular weight is 354 g/mol. The smallest absolute Gasteiger partial charge is 0.313 e. The molecule has 3 rings (SSSR count). The standard InChI is InChI=1S/C21H26N2O3/c1-16-6-5-9-18(22-16)10-12-23-13-11-19(24)21(15-23,20(25)26)14-17-7-3-2-4-8-17/h2-9,19,24H,10-15H2,1H3,(H,25,26)/t19-,21-/m0/s1. The van der Waals surface area contributed by atoms with Crippen LogP contribution in [0.15, 0.2) is 48.5 Å². The van der Waals surface area contributed by atoms with Gasteiger partial charge in [-0.25, -0.2) is 0 Å². The number of benzene rings is 1. The number of aliphatic carboxylic acids is 1. The number of pyridine rings is 1. The van der Waals surface area contributed by atoms with Crippen molar-refractivity contribution in [2.24, 2.45) is 5.41 Å². The van der Waals surface area contributed by atoms with Crippen molar-refractivity contribution in [3.8, 4) is 0 Å². The van der Waals surface area contributed by atoms with Gasteiger partial charge in [-0.2, -0.15) is 0 Å². The number of piperidine rings is 1. The van der Waals surface area contributed by atoms with E-state index in [1.165, 1.54) is 0 Å². The molecule has 2 heterocycles. The van der Waals surface area contributed by atoms with Crippen LogP contribution in [0.3, 0.4) is 0 Å². The Bertz CT molecular complexity index is 750. The predicted molar refractivity (Wildman–Crippen MR) is 100.0 cm³/mol. The second-order valence-corrected chi connectivity index (χ2v) is 7.22. The molecule has 1 saturated heterocycles. The molecule has 0 bridgehead atoms. The topological polar surface area (TPSA) is 73.7 Å². The molecule has 0 radical (unpaired) electrons. The van der Waals surface area contributed by atoms with Gasteiger partial charge in [-0.15, -0.1) is 0 Å². The van der Waals surface area contributed by atoms with Gasteiger partial charge >= 0.3 is 5.97 Å². The predicted octanol–water partition coefficient (Wildman–Crippen LogP) is 2.31. The zero-order valence-electron chi connectivity index (χ0n) is 15.1. The van der Waals surface area contributed by atoms with Gasteiger partial charge in [-0.1, -0.05) is 36.4 Å². The number of hydrogen-bond donors (Lipinski definition) is 2. The first kappa shape index (κ1) is 18.5. The molecule has 1 fully saturated rings. The number of carboxylic acid groups (broad SMARTS) is 1. The fraction of sp³-hybridized carbons (Fsp3) is 0.429.